The summed E-state index contributed by atoms with van der Waals surface area (Å²) in [6.07, 6.45) is 0.380. The molecule has 1 aromatic carbocycles. The Bertz CT molecular complexity index is 681. The predicted octanol–water partition coefficient (Wildman–Crippen LogP) is 3.12. The van der Waals surface area contributed by atoms with Gasteiger partial charge in [0.2, 0.25) is 5.91 Å². The molecule has 1 aromatic rings. The SMILES string of the molecule is CC(=O)N1CCC[C@H](C(=O)O[C@H](C)C(=O)Nc2cc(Cl)ccc2Cl)C1. The van der Waals surface area contributed by atoms with Crippen LogP contribution >= 0.6 is 23.2 Å². The first-order valence-corrected chi connectivity index (χ1v) is 8.75. The van der Waals surface area contributed by atoms with Gasteiger partial charge < -0.3 is 15.0 Å². The number of rotatable bonds is 4. The summed E-state index contributed by atoms with van der Waals surface area (Å²) >= 11 is 11.9. The van der Waals surface area contributed by atoms with Gasteiger partial charge in [-0.15, -0.1) is 0 Å². The molecule has 1 aliphatic heterocycles. The van der Waals surface area contributed by atoms with E-state index in [9.17, 15) is 14.4 Å². The Morgan fingerprint density at radius 2 is 2.04 bits per heavy atom. The van der Waals surface area contributed by atoms with Gasteiger partial charge in [-0.1, -0.05) is 23.2 Å². The van der Waals surface area contributed by atoms with E-state index in [1.807, 2.05) is 0 Å². The Morgan fingerprint density at radius 1 is 1.32 bits per heavy atom. The average Bonchev–Trinajstić information content (AvgIpc) is 2.58. The van der Waals surface area contributed by atoms with E-state index in [2.05, 4.69) is 5.32 Å². The lowest BCUT2D eigenvalue weighted by Crippen LogP contribution is -2.43. The minimum absolute atomic E-state index is 0.0705. The molecule has 25 heavy (non-hydrogen) atoms. The Morgan fingerprint density at radius 3 is 2.72 bits per heavy atom. The maximum absolute atomic E-state index is 12.3. The molecule has 2 atom stereocenters. The second-order valence-electron chi connectivity index (χ2n) is 6.00. The van der Waals surface area contributed by atoms with E-state index in [1.165, 1.54) is 19.9 Å². The van der Waals surface area contributed by atoms with Gasteiger partial charge in [0, 0.05) is 25.0 Å². The zero-order chi connectivity index (χ0) is 18.6. The molecule has 1 N–H and O–H groups in total. The van der Waals surface area contributed by atoms with Gasteiger partial charge in [0.1, 0.15) is 0 Å². The molecule has 0 spiro atoms. The first-order chi connectivity index (χ1) is 11.8. The van der Waals surface area contributed by atoms with Crippen LogP contribution in [0.2, 0.25) is 10.0 Å². The van der Waals surface area contributed by atoms with Crippen LogP contribution in [0.3, 0.4) is 0 Å². The van der Waals surface area contributed by atoms with Crippen LogP contribution < -0.4 is 5.32 Å². The molecule has 0 radical (unpaired) electrons. The summed E-state index contributed by atoms with van der Waals surface area (Å²) in [7, 11) is 0. The lowest BCUT2D eigenvalue weighted by atomic mass is 9.98. The van der Waals surface area contributed by atoms with E-state index < -0.39 is 23.9 Å². The van der Waals surface area contributed by atoms with Crippen LogP contribution in [-0.2, 0) is 19.1 Å². The molecule has 2 rings (SSSR count). The molecule has 136 valence electrons. The van der Waals surface area contributed by atoms with Gasteiger partial charge in [0.15, 0.2) is 6.10 Å². The second kappa shape index (κ2) is 8.54. The first-order valence-electron chi connectivity index (χ1n) is 8.00. The number of carbonyl (C=O) groups is 3. The van der Waals surface area contributed by atoms with Gasteiger partial charge in [0.25, 0.3) is 5.91 Å². The number of anilines is 1. The van der Waals surface area contributed by atoms with E-state index >= 15 is 0 Å². The number of amides is 2. The van der Waals surface area contributed by atoms with Crippen LogP contribution in [0.4, 0.5) is 5.69 Å². The standard InChI is InChI=1S/C17H20Cl2N2O4/c1-10(16(23)20-15-8-13(18)5-6-14(15)19)25-17(24)12-4-3-7-21(9-12)11(2)22/h5-6,8,10,12H,3-4,7,9H2,1-2H3,(H,20,23)/t10-,12+/m1/s1. The molecule has 0 unspecified atom stereocenters. The third-order valence-corrected chi connectivity index (χ3v) is 4.61. The number of nitrogens with one attached hydrogen (secondary N) is 1. The van der Waals surface area contributed by atoms with Gasteiger partial charge in [-0.2, -0.15) is 0 Å². The van der Waals surface area contributed by atoms with Gasteiger partial charge in [-0.05, 0) is 38.0 Å². The van der Waals surface area contributed by atoms with Crippen molar-refractivity contribution in [2.45, 2.75) is 32.8 Å². The van der Waals surface area contributed by atoms with E-state index in [-0.39, 0.29) is 5.91 Å². The monoisotopic (exact) mass is 386 g/mol. The Labute approximate surface area is 156 Å². The molecular weight excluding hydrogens is 367 g/mol. The van der Waals surface area contributed by atoms with Crippen LogP contribution in [0.25, 0.3) is 0 Å². The van der Waals surface area contributed by atoms with Gasteiger partial charge in [-0.3, -0.25) is 14.4 Å². The van der Waals surface area contributed by atoms with Gasteiger partial charge in [0.05, 0.1) is 16.6 Å². The third kappa shape index (κ3) is 5.34. The van der Waals surface area contributed by atoms with E-state index in [1.54, 1.807) is 17.0 Å². The topological polar surface area (TPSA) is 75.7 Å². The molecule has 0 bridgehead atoms. The fourth-order valence-corrected chi connectivity index (χ4v) is 2.94. The summed E-state index contributed by atoms with van der Waals surface area (Å²) in [5.41, 5.74) is 0.350. The molecule has 1 heterocycles. The summed E-state index contributed by atoms with van der Waals surface area (Å²) < 4.78 is 5.26. The number of esters is 1. The normalized spacial score (nSPS) is 18.4. The van der Waals surface area contributed by atoms with E-state index in [0.717, 1.165) is 6.42 Å². The molecule has 0 aromatic heterocycles. The van der Waals surface area contributed by atoms with Crippen molar-refractivity contribution in [3.63, 3.8) is 0 Å². The molecule has 8 heteroatoms. The van der Waals surface area contributed by atoms with Crippen LogP contribution in [0.15, 0.2) is 18.2 Å². The van der Waals surface area contributed by atoms with Crippen molar-refractivity contribution in [3.8, 4) is 0 Å². The van der Waals surface area contributed by atoms with Crippen molar-refractivity contribution < 1.29 is 19.1 Å². The number of nitrogens with zero attached hydrogens (tertiary/aromatic N) is 1. The summed E-state index contributed by atoms with van der Waals surface area (Å²) in [5, 5.41) is 3.35. The van der Waals surface area contributed by atoms with Gasteiger partial charge >= 0.3 is 5.97 Å². The highest BCUT2D eigenvalue weighted by atomic mass is 35.5. The number of piperidine rings is 1. The summed E-state index contributed by atoms with van der Waals surface area (Å²) in [6, 6.07) is 4.68. The quantitative estimate of drug-likeness (QED) is 0.806. The van der Waals surface area contributed by atoms with Crippen molar-refractivity contribution in [1.29, 1.82) is 0 Å². The summed E-state index contributed by atoms with van der Waals surface area (Å²) in [4.78, 5) is 37.5. The number of carbonyl (C=O) groups excluding carboxylic acids is 3. The molecule has 6 nitrogen and oxygen atoms in total. The van der Waals surface area contributed by atoms with Crippen LogP contribution in [-0.4, -0.2) is 41.9 Å². The summed E-state index contributed by atoms with van der Waals surface area (Å²) in [5.74, 6) is -1.47. The average molecular weight is 387 g/mol. The largest absolute Gasteiger partial charge is 0.452 e. The molecule has 1 aliphatic rings. The Hall–Kier alpha value is -1.79. The first kappa shape index (κ1) is 19.5. The van der Waals surface area contributed by atoms with Crippen LogP contribution in [0, 0.1) is 5.92 Å². The zero-order valence-electron chi connectivity index (χ0n) is 14.1. The zero-order valence-corrected chi connectivity index (χ0v) is 15.6. The summed E-state index contributed by atoms with van der Waals surface area (Å²) in [6.45, 7) is 3.92. The molecule has 2 amide bonds. The van der Waals surface area contributed by atoms with Crippen molar-refractivity contribution in [3.05, 3.63) is 28.2 Å². The van der Waals surface area contributed by atoms with Crippen LogP contribution in [0.5, 0.6) is 0 Å². The lowest BCUT2D eigenvalue weighted by molar-refractivity contribution is -0.159. The fraction of sp³-hybridized carbons (Fsp3) is 0.471. The highest BCUT2D eigenvalue weighted by Crippen LogP contribution is 2.26. The minimum Gasteiger partial charge on any atom is -0.452 e. The maximum Gasteiger partial charge on any atom is 0.311 e. The van der Waals surface area contributed by atoms with Crippen molar-refractivity contribution in [2.75, 3.05) is 18.4 Å². The molecule has 0 aliphatic carbocycles. The number of halogens is 2. The number of likely N-dealkylation sites (tertiary alicyclic amines) is 1. The van der Waals surface area contributed by atoms with Crippen molar-refractivity contribution in [2.24, 2.45) is 5.92 Å². The fourth-order valence-electron chi connectivity index (χ4n) is 2.61. The Kier molecular flexibility index (Phi) is 6.67. The number of hydrogen-bond donors (Lipinski definition) is 1. The highest BCUT2D eigenvalue weighted by molar-refractivity contribution is 6.35. The highest BCUT2D eigenvalue weighted by Gasteiger charge is 2.30. The maximum atomic E-state index is 12.3. The molecule has 1 saturated heterocycles. The number of ether oxygens (including phenoxy) is 1. The lowest BCUT2D eigenvalue weighted by Gasteiger charge is -2.31. The third-order valence-electron chi connectivity index (χ3n) is 4.05. The minimum atomic E-state index is -0.991. The van der Waals surface area contributed by atoms with Gasteiger partial charge in [-0.25, -0.2) is 0 Å². The number of hydrogen-bond acceptors (Lipinski definition) is 4. The molecule has 0 saturated carbocycles. The molecular formula is C17H20Cl2N2O4. The van der Waals surface area contributed by atoms with E-state index in [0.29, 0.717) is 35.2 Å². The second-order valence-corrected chi connectivity index (χ2v) is 6.84. The van der Waals surface area contributed by atoms with E-state index in [4.69, 9.17) is 27.9 Å². The Balaban J connectivity index is 1.93. The number of benzene rings is 1. The molecule has 1 fully saturated rings. The smallest absolute Gasteiger partial charge is 0.311 e. The van der Waals surface area contributed by atoms with Crippen molar-refractivity contribution in [1.82, 2.24) is 4.90 Å². The van der Waals surface area contributed by atoms with Crippen molar-refractivity contribution >= 4 is 46.7 Å². The predicted molar refractivity (Wildman–Crippen MR) is 95.6 cm³/mol. The van der Waals surface area contributed by atoms with Crippen LogP contribution in [0.1, 0.15) is 26.7 Å².